The Kier molecular flexibility index (Phi) is 6.73. The number of likely N-dealkylation sites (tertiary alicyclic amines) is 1. The highest BCUT2D eigenvalue weighted by atomic mass is 16.5. The molecule has 2 aromatic carbocycles. The zero-order valence-electron chi connectivity index (χ0n) is 18.4. The number of carbonyl (C=O) groups excluding carboxylic acids is 3. The molecule has 0 aliphatic carbocycles. The minimum atomic E-state index is -0.317. The highest BCUT2D eigenvalue weighted by Crippen LogP contribution is 2.24. The van der Waals surface area contributed by atoms with E-state index in [1.54, 1.807) is 29.0 Å². The summed E-state index contributed by atoms with van der Waals surface area (Å²) in [5.74, 6) is 0.192. The van der Waals surface area contributed by atoms with E-state index in [9.17, 15) is 14.4 Å². The van der Waals surface area contributed by atoms with Crippen LogP contribution >= 0.6 is 0 Å². The van der Waals surface area contributed by atoms with Crippen molar-refractivity contribution in [1.29, 1.82) is 0 Å². The van der Waals surface area contributed by atoms with Crippen LogP contribution in [0.3, 0.4) is 0 Å². The molecule has 2 aliphatic rings. The molecule has 7 heteroatoms. The van der Waals surface area contributed by atoms with E-state index in [1.165, 1.54) is 0 Å². The minimum absolute atomic E-state index is 0.0144. The molecule has 0 bridgehead atoms. The second-order valence-corrected chi connectivity index (χ2v) is 8.33. The lowest BCUT2D eigenvalue weighted by molar-refractivity contribution is -0.135. The fourth-order valence-corrected chi connectivity index (χ4v) is 4.49. The van der Waals surface area contributed by atoms with Gasteiger partial charge in [0.1, 0.15) is 5.75 Å². The summed E-state index contributed by atoms with van der Waals surface area (Å²) in [4.78, 5) is 44.1. The monoisotopic (exact) mass is 435 g/mol. The number of rotatable bonds is 5. The van der Waals surface area contributed by atoms with E-state index in [0.717, 1.165) is 5.56 Å². The van der Waals surface area contributed by atoms with Crippen LogP contribution in [0.15, 0.2) is 54.6 Å². The van der Waals surface area contributed by atoms with Gasteiger partial charge in [-0.05, 0) is 24.1 Å². The highest BCUT2D eigenvalue weighted by Gasteiger charge is 2.37. The molecule has 7 nitrogen and oxygen atoms in total. The molecular formula is C25H29N3O4. The first kappa shape index (κ1) is 21.9. The Morgan fingerprint density at radius 2 is 1.62 bits per heavy atom. The molecule has 1 atom stereocenters. The molecule has 2 fully saturated rings. The van der Waals surface area contributed by atoms with Crippen LogP contribution < -0.4 is 4.74 Å². The Labute approximate surface area is 188 Å². The second kappa shape index (κ2) is 9.85. The standard InChI is InChI=1S/C25H29N3O4/c1-32-22-11-6-5-10-21(22)25(31)27-13-7-12-26(14-15-27)24(30)20-16-23(29)28(18-20)17-19-8-3-2-4-9-19/h2-6,8-11,20H,7,12-18H2,1H3. The van der Waals surface area contributed by atoms with Gasteiger partial charge >= 0.3 is 0 Å². The zero-order chi connectivity index (χ0) is 22.5. The number of methoxy groups -OCH3 is 1. The van der Waals surface area contributed by atoms with Gasteiger partial charge in [0, 0.05) is 45.7 Å². The molecule has 2 saturated heterocycles. The summed E-state index contributed by atoms with van der Waals surface area (Å²) < 4.78 is 5.33. The van der Waals surface area contributed by atoms with E-state index in [2.05, 4.69) is 0 Å². The van der Waals surface area contributed by atoms with Crippen LogP contribution in [0.1, 0.15) is 28.8 Å². The summed E-state index contributed by atoms with van der Waals surface area (Å²) >= 11 is 0. The number of hydrogen-bond acceptors (Lipinski definition) is 4. The fourth-order valence-electron chi connectivity index (χ4n) is 4.49. The molecule has 0 saturated carbocycles. The first-order chi connectivity index (χ1) is 15.6. The highest BCUT2D eigenvalue weighted by molar-refractivity contribution is 5.97. The summed E-state index contributed by atoms with van der Waals surface area (Å²) in [7, 11) is 1.55. The quantitative estimate of drug-likeness (QED) is 0.723. The SMILES string of the molecule is COc1ccccc1C(=O)N1CCCN(C(=O)C2CC(=O)N(Cc3ccccc3)C2)CC1. The van der Waals surface area contributed by atoms with Crippen molar-refractivity contribution in [3.05, 3.63) is 65.7 Å². The minimum Gasteiger partial charge on any atom is -0.496 e. The molecular weight excluding hydrogens is 406 g/mol. The predicted molar refractivity (Wildman–Crippen MR) is 120 cm³/mol. The molecule has 0 N–H and O–H groups in total. The second-order valence-electron chi connectivity index (χ2n) is 8.33. The number of benzene rings is 2. The van der Waals surface area contributed by atoms with Crippen LogP contribution in [-0.2, 0) is 16.1 Å². The van der Waals surface area contributed by atoms with E-state index in [4.69, 9.17) is 4.74 Å². The number of nitrogens with zero attached hydrogens (tertiary/aromatic N) is 3. The Morgan fingerprint density at radius 1 is 0.938 bits per heavy atom. The molecule has 4 rings (SSSR count). The van der Waals surface area contributed by atoms with Gasteiger partial charge in [0.25, 0.3) is 5.91 Å². The Hall–Kier alpha value is -3.35. The van der Waals surface area contributed by atoms with Crippen LogP contribution in [0.5, 0.6) is 5.75 Å². The van der Waals surface area contributed by atoms with Crippen molar-refractivity contribution >= 4 is 17.7 Å². The first-order valence-electron chi connectivity index (χ1n) is 11.1. The van der Waals surface area contributed by atoms with Crippen molar-refractivity contribution < 1.29 is 19.1 Å². The van der Waals surface area contributed by atoms with Crippen molar-refractivity contribution in [3.63, 3.8) is 0 Å². The zero-order valence-corrected chi connectivity index (χ0v) is 18.4. The molecule has 2 aliphatic heterocycles. The van der Waals surface area contributed by atoms with Crippen LogP contribution in [0.25, 0.3) is 0 Å². The molecule has 2 aromatic rings. The third-order valence-electron chi connectivity index (χ3n) is 6.21. The largest absolute Gasteiger partial charge is 0.496 e. The topological polar surface area (TPSA) is 70.2 Å². The van der Waals surface area contributed by atoms with Crippen molar-refractivity contribution in [1.82, 2.24) is 14.7 Å². The third-order valence-corrected chi connectivity index (χ3v) is 6.21. The summed E-state index contributed by atoms with van der Waals surface area (Å²) in [6, 6.07) is 17.0. The van der Waals surface area contributed by atoms with E-state index in [1.807, 2.05) is 47.4 Å². The lowest BCUT2D eigenvalue weighted by atomic mass is 10.1. The predicted octanol–water partition coefficient (Wildman–Crippen LogP) is 2.42. The molecule has 1 unspecified atom stereocenters. The lowest BCUT2D eigenvalue weighted by Crippen LogP contribution is -2.40. The number of carbonyl (C=O) groups is 3. The van der Waals surface area contributed by atoms with Gasteiger partial charge in [-0.3, -0.25) is 14.4 Å². The summed E-state index contributed by atoms with van der Waals surface area (Å²) in [6.45, 7) is 3.11. The average Bonchev–Trinajstić information content (AvgIpc) is 3.03. The molecule has 0 radical (unpaired) electrons. The van der Waals surface area contributed by atoms with Gasteiger partial charge in [0.05, 0.1) is 18.6 Å². The van der Waals surface area contributed by atoms with Crippen molar-refractivity contribution in [2.75, 3.05) is 39.8 Å². The van der Waals surface area contributed by atoms with E-state index in [0.29, 0.717) is 57.0 Å². The Balaban J connectivity index is 1.35. The van der Waals surface area contributed by atoms with Crippen LogP contribution in [0.4, 0.5) is 0 Å². The van der Waals surface area contributed by atoms with Crippen LogP contribution in [-0.4, -0.2) is 72.3 Å². The number of ether oxygens (including phenoxy) is 1. The van der Waals surface area contributed by atoms with Gasteiger partial charge in [-0.15, -0.1) is 0 Å². The number of para-hydroxylation sites is 1. The number of amides is 3. The normalized spacial score (nSPS) is 19.1. The molecule has 0 spiro atoms. The van der Waals surface area contributed by atoms with Crippen LogP contribution in [0, 0.1) is 5.92 Å². The fraction of sp³-hybridized carbons (Fsp3) is 0.400. The van der Waals surface area contributed by atoms with E-state index in [-0.39, 0.29) is 30.1 Å². The van der Waals surface area contributed by atoms with Gasteiger partial charge < -0.3 is 19.4 Å². The van der Waals surface area contributed by atoms with Gasteiger partial charge in [0.2, 0.25) is 11.8 Å². The molecule has 32 heavy (non-hydrogen) atoms. The van der Waals surface area contributed by atoms with E-state index < -0.39 is 0 Å². The van der Waals surface area contributed by atoms with Crippen molar-refractivity contribution in [2.45, 2.75) is 19.4 Å². The van der Waals surface area contributed by atoms with Gasteiger partial charge in [0.15, 0.2) is 0 Å². The maximum Gasteiger partial charge on any atom is 0.257 e. The van der Waals surface area contributed by atoms with Crippen LogP contribution in [0.2, 0.25) is 0 Å². The maximum absolute atomic E-state index is 13.2. The first-order valence-corrected chi connectivity index (χ1v) is 11.1. The van der Waals surface area contributed by atoms with Crippen molar-refractivity contribution in [2.24, 2.45) is 5.92 Å². The average molecular weight is 436 g/mol. The summed E-state index contributed by atoms with van der Waals surface area (Å²) in [5.41, 5.74) is 1.60. The molecule has 168 valence electrons. The van der Waals surface area contributed by atoms with Gasteiger partial charge in [-0.1, -0.05) is 42.5 Å². The molecule has 2 heterocycles. The smallest absolute Gasteiger partial charge is 0.257 e. The van der Waals surface area contributed by atoms with Gasteiger partial charge in [-0.2, -0.15) is 0 Å². The molecule has 0 aromatic heterocycles. The lowest BCUT2D eigenvalue weighted by Gasteiger charge is -2.25. The number of hydrogen-bond donors (Lipinski definition) is 0. The van der Waals surface area contributed by atoms with Crippen molar-refractivity contribution in [3.8, 4) is 5.75 Å². The maximum atomic E-state index is 13.2. The molecule has 3 amide bonds. The third kappa shape index (κ3) is 4.77. The van der Waals surface area contributed by atoms with Gasteiger partial charge in [-0.25, -0.2) is 0 Å². The summed E-state index contributed by atoms with van der Waals surface area (Å²) in [6.07, 6.45) is 0.965. The van der Waals surface area contributed by atoms with E-state index >= 15 is 0 Å². The summed E-state index contributed by atoms with van der Waals surface area (Å²) in [5, 5.41) is 0. The Bertz CT molecular complexity index is 978. The Morgan fingerprint density at radius 3 is 2.41 bits per heavy atom.